The minimum atomic E-state index is 0.0834. The SMILES string of the molecule is C#CC(CC)NCc1cc(Cl)ccc1Cl. The fourth-order valence-corrected chi connectivity index (χ4v) is 1.61. The Bertz CT molecular complexity index is 368. The molecule has 0 aliphatic rings. The number of halogens is 2. The molecule has 1 unspecified atom stereocenters. The van der Waals surface area contributed by atoms with E-state index in [-0.39, 0.29) is 6.04 Å². The van der Waals surface area contributed by atoms with Crippen LogP contribution < -0.4 is 5.32 Å². The summed E-state index contributed by atoms with van der Waals surface area (Å²) in [6.07, 6.45) is 6.24. The van der Waals surface area contributed by atoms with E-state index in [9.17, 15) is 0 Å². The summed E-state index contributed by atoms with van der Waals surface area (Å²) in [6.45, 7) is 2.68. The third kappa shape index (κ3) is 3.76. The van der Waals surface area contributed by atoms with E-state index in [1.807, 2.05) is 13.0 Å². The molecule has 0 amide bonds. The molecule has 0 heterocycles. The molecule has 1 aromatic carbocycles. The van der Waals surface area contributed by atoms with E-state index >= 15 is 0 Å². The van der Waals surface area contributed by atoms with Crippen LogP contribution >= 0.6 is 23.2 Å². The van der Waals surface area contributed by atoms with Crippen LogP contribution in [0.15, 0.2) is 18.2 Å². The lowest BCUT2D eigenvalue weighted by Gasteiger charge is -2.11. The first-order chi connectivity index (χ1) is 7.17. The van der Waals surface area contributed by atoms with Gasteiger partial charge in [0, 0.05) is 16.6 Å². The van der Waals surface area contributed by atoms with Crippen molar-refractivity contribution in [2.45, 2.75) is 25.9 Å². The highest BCUT2D eigenvalue weighted by molar-refractivity contribution is 6.33. The van der Waals surface area contributed by atoms with Crippen LogP contribution in [0.25, 0.3) is 0 Å². The van der Waals surface area contributed by atoms with Crippen molar-refractivity contribution < 1.29 is 0 Å². The Morgan fingerprint density at radius 2 is 2.20 bits per heavy atom. The van der Waals surface area contributed by atoms with Crippen LogP contribution in [-0.4, -0.2) is 6.04 Å². The molecule has 0 spiro atoms. The molecule has 0 saturated carbocycles. The smallest absolute Gasteiger partial charge is 0.0686 e. The third-order valence-electron chi connectivity index (χ3n) is 2.16. The fraction of sp³-hybridized carbons (Fsp3) is 0.333. The largest absolute Gasteiger partial charge is 0.300 e. The van der Waals surface area contributed by atoms with Crippen molar-refractivity contribution >= 4 is 23.2 Å². The van der Waals surface area contributed by atoms with E-state index < -0.39 is 0 Å². The number of benzene rings is 1. The van der Waals surface area contributed by atoms with E-state index in [2.05, 4.69) is 11.2 Å². The molecule has 1 N–H and O–H groups in total. The van der Waals surface area contributed by atoms with Gasteiger partial charge in [0.05, 0.1) is 6.04 Å². The Labute approximate surface area is 101 Å². The summed E-state index contributed by atoms with van der Waals surface area (Å²) in [5, 5.41) is 4.62. The number of rotatable bonds is 4. The van der Waals surface area contributed by atoms with Gasteiger partial charge in [-0.15, -0.1) is 6.42 Å². The highest BCUT2D eigenvalue weighted by atomic mass is 35.5. The molecule has 0 saturated heterocycles. The summed E-state index contributed by atoms with van der Waals surface area (Å²) >= 11 is 11.9. The Kier molecular flexibility index (Phi) is 4.98. The number of terminal acetylenes is 1. The van der Waals surface area contributed by atoms with E-state index in [0.717, 1.165) is 12.0 Å². The van der Waals surface area contributed by atoms with Gasteiger partial charge in [-0.05, 0) is 30.2 Å². The van der Waals surface area contributed by atoms with Crippen LogP contribution in [0.2, 0.25) is 10.0 Å². The van der Waals surface area contributed by atoms with Crippen molar-refractivity contribution in [3.8, 4) is 12.3 Å². The van der Waals surface area contributed by atoms with Gasteiger partial charge in [-0.1, -0.05) is 36.0 Å². The minimum Gasteiger partial charge on any atom is -0.300 e. The molecule has 1 atom stereocenters. The van der Waals surface area contributed by atoms with E-state index in [1.54, 1.807) is 12.1 Å². The van der Waals surface area contributed by atoms with E-state index in [1.165, 1.54) is 0 Å². The van der Waals surface area contributed by atoms with Crippen molar-refractivity contribution in [3.63, 3.8) is 0 Å². The van der Waals surface area contributed by atoms with Crippen molar-refractivity contribution in [1.82, 2.24) is 5.32 Å². The Hall–Kier alpha value is -0.680. The lowest BCUT2D eigenvalue weighted by atomic mass is 10.2. The van der Waals surface area contributed by atoms with Gasteiger partial charge < -0.3 is 0 Å². The Morgan fingerprint density at radius 1 is 1.47 bits per heavy atom. The fourth-order valence-electron chi connectivity index (χ4n) is 1.23. The molecule has 15 heavy (non-hydrogen) atoms. The lowest BCUT2D eigenvalue weighted by molar-refractivity contribution is 0.593. The molecule has 0 bridgehead atoms. The topological polar surface area (TPSA) is 12.0 Å². The highest BCUT2D eigenvalue weighted by Gasteiger charge is 2.04. The summed E-state index contributed by atoms with van der Waals surface area (Å²) in [5.74, 6) is 2.67. The number of nitrogens with one attached hydrogen (secondary N) is 1. The van der Waals surface area contributed by atoms with Crippen LogP contribution in [0.1, 0.15) is 18.9 Å². The lowest BCUT2D eigenvalue weighted by Crippen LogP contribution is -2.26. The quantitative estimate of drug-likeness (QED) is 0.797. The second kappa shape index (κ2) is 6.02. The molecule has 1 rings (SSSR count). The summed E-state index contributed by atoms with van der Waals surface area (Å²) in [5.41, 5.74) is 0.970. The van der Waals surface area contributed by atoms with E-state index in [4.69, 9.17) is 29.6 Å². The van der Waals surface area contributed by atoms with Crippen molar-refractivity contribution in [3.05, 3.63) is 33.8 Å². The van der Waals surface area contributed by atoms with Crippen LogP contribution in [0, 0.1) is 12.3 Å². The van der Waals surface area contributed by atoms with E-state index in [0.29, 0.717) is 16.6 Å². The third-order valence-corrected chi connectivity index (χ3v) is 2.76. The van der Waals surface area contributed by atoms with Crippen LogP contribution in [0.3, 0.4) is 0 Å². The zero-order valence-corrected chi connectivity index (χ0v) is 10.1. The number of hydrogen-bond donors (Lipinski definition) is 1. The molecular weight excluding hydrogens is 229 g/mol. The standard InChI is InChI=1S/C12H13Cl2N/c1-3-11(4-2)15-8-9-7-10(13)5-6-12(9)14/h1,5-7,11,15H,4,8H2,2H3. The summed E-state index contributed by atoms with van der Waals surface area (Å²) < 4.78 is 0. The minimum absolute atomic E-state index is 0.0834. The Balaban J connectivity index is 2.65. The summed E-state index contributed by atoms with van der Waals surface area (Å²) in [6, 6.07) is 5.49. The van der Waals surface area contributed by atoms with Gasteiger partial charge in [-0.3, -0.25) is 5.32 Å². The zero-order chi connectivity index (χ0) is 11.3. The monoisotopic (exact) mass is 241 g/mol. The van der Waals surface area contributed by atoms with Gasteiger partial charge in [0.15, 0.2) is 0 Å². The predicted octanol–water partition coefficient (Wildman–Crippen LogP) is 3.49. The molecule has 0 radical (unpaired) electrons. The van der Waals surface area contributed by atoms with Gasteiger partial charge >= 0.3 is 0 Å². The van der Waals surface area contributed by atoms with Crippen molar-refractivity contribution in [1.29, 1.82) is 0 Å². The molecule has 1 nitrogen and oxygen atoms in total. The average molecular weight is 242 g/mol. The predicted molar refractivity (Wildman–Crippen MR) is 66.2 cm³/mol. The van der Waals surface area contributed by atoms with Gasteiger partial charge in [0.25, 0.3) is 0 Å². The maximum absolute atomic E-state index is 6.02. The first-order valence-corrected chi connectivity index (χ1v) is 5.56. The maximum atomic E-state index is 6.02. The molecule has 1 aromatic rings. The molecule has 0 aromatic heterocycles. The number of hydrogen-bond acceptors (Lipinski definition) is 1. The average Bonchev–Trinajstić information content (AvgIpc) is 2.24. The first kappa shape index (κ1) is 12.4. The zero-order valence-electron chi connectivity index (χ0n) is 8.56. The highest BCUT2D eigenvalue weighted by Crippen LogP contribution is 2.20. The van der Waals surface area contributed by atoms with Crippen molar-refractivity contribution in [2.75, 3.05) is 0 Å². The van der Waals surface area contributed by atoms with Gasteiger partial charge in [-0.2, -0.15) is 0 Å². The first-order valence-electron chi connectivity index (χ1n) is 4.80. The molecular formula is C12H13Cl2N. The molecule has 0 aliphatic heterocycles. The second-order valence-electron chi connectivity index (χ2n) is 3.24. The van der Waals surface area contributed by atoms with Crippen LogP contribution in [0.4, 0.5) is 0 Å². The second-order valence-corrected chi connectivity index (χ2v) is 4.09. The van der Waals surface area contributed by atoms with Crippen molar-refractivity contribution in [2.24, 2.45) is 0 Å². The normalized spacial score (nSPS) is 12.1. The van der Waals surface area contributed by atoms with Gasteiger partial charge in [0.1, 0.15) is 0 Å². The van der Waals surface area contributed by atoms with Crippen LogP contribution in [0.5, 0.6) is 0 Å². The maximum Gasteiger partial charge on any atom is 0.0686 e. The molecule has 80 valence electrons. The summed E-state index contributed by atoms with van der Waals surface area (Å²) in [4.78, 5) is 0. The van der Waals surface area contributed by atoms with Gasteiger partial charge in [0.2, 0.25) is 0 Å². The van der Waals surface area contributed by atoms with Gasteiger partial charge in [-0.25, -0.2) is 0 Å². The molecule has 0 aliphatic carbocycles. The van der Waals surface area contributed by atoms with Crippen LogP contribution in [-0.2, 0) is 6.54 Å². The summed E-state index contributed by atoms with van der Waals surface area (Å²) in [7, 11) is 0. The Morgan fingerprint density at radius 3 is 2.80 bits per heavy atom. The molecule has 0 fully saturated rings. The molecule has 3 heteroatoms.